The standard InChI is InChI=1S/C10H20N4O/c1-4-6-14-8(7-12-13-14)10(11)9(5-2)15-3/h7,9-10H,4-6,11H2,1-3H3. The van der Waals surface area contributed by atoms with Crippen LogP contribution in [-0.4, -0.2) is 28.2 Å². The Morgan fingerprint density at radius 3 is 2.80 bits per heavy atom. The minimum absolute atomic E-state index is 0.0270. The van der Waals surface area contributed by atoms with Crippen LogP contribution in [0.2, 0.25) is 0 Å². The SMILES string of the molecule is CCCn1nncc1C(N)C(CC)OC. The van der Waals surface area contributed by atoms with Crippen LogP contribution in [0, 0.1) is 0 Å². The summed E-state index contributed by atoms with van der Waals surface area (Å²) in [6.45, 7) is 5.01. The lowest BCUT2D eigenvalue weighted by Gasteiger charge is -2.21. The number of ether oxygens (including phenoxy) is 1. The van der Waals surface area contributed by atoms with Crippen LogP contribution in [0.25, 0.3) is 0 Å². The maximum Gasteiger partial charge on any atom is 0.0780 e. The first kappa shape index (κ1) is 12.1. The first-order valence-electron chi connectivity index (χ1n) is 5.41. The quantitative estimate of drug-likeness (QED) is 0.767. The maximum absolute atomic E-state index is 6.11. The molecule has 5 nitrogen and oxygen atoms in total. The Hall–Kier alpha value is -0.940. The molecule has 86 valence electrons. The van der Waals surface area contributed by atoms with Gasteiger partial charge in [-0.15, -0.1) is 5.10 Å². The summed E-state index contributed by atoms with van der Waals surface area (Å²) in [7, 11) is 1.68. The molecule has 0 aliphatic heterocycles. The number of hydrogen-bond acceptors (Lipinski definition) is 4. The Labute approximate surface area is 90.6 Å². The van der Waals surface area contributed by atoms with Crippen molar-refractivity contribution < 1.29 is 4.74 Å². The van der Waals surface area contributed by atoms with Crippen molar-refractivity contribution in [3.05, 3.63) is 11.9 Å². The number of rotatable bonds is 6. The second-order valence-electron chi connectivity index (χ2n) is 3.59. The molecule has 1 aromatic heterocycles. The van der Waals surface area contributed by atoms with Crippen LogP contribution in [0.4, 0.5) is 0 Å². The molecular formula is C10H20N4O. The molecule has 0 fully saturated rings. The molecule has 15 heavy (non-hydrogen) atoms. The third-order valence-corrected chi connectivity index (χ3v) is 2.53. The lowest BCUT2D eigenvalue weighted by molar-refractivity contribution is 0.0746. The van der Waals surface area contributed by atoms with Crippen LogP contribution < -0.4 is 5.73 Å². The van der Waals surface area contributed by atoms with Gasteiger partial charge in [-0.2, -0.15) is 0 Å². The molecule has 0 saturated heterocycles. The number of aryl methyl sites for hydroxylation is 1. The highest BCUT2D eigenvalue weighted by atomic mass is 16.5. The molecule has 0 saturated carbocycles. The number of hydrogen-bond donors (Lipinski definition) is 1. The van der Waals surface area contributed by atoms with E-state index in [1.54, 1.807) is 13.3 Å². The van der Waals surface area contributed by atoms with Gasteiger partial charge in [0.25, 0.3) is 0 Å². The minimum atomic E-state index is -0.151. The second kappa shape index (κ2) is 5.82. The highest BCUT2D eigenvalue weighted by Crippen LogP contribution is 2.17. The molecule has 2 atom stereocenters. The zero-order chi connectivity index (χ0) is 11.3. The summed E-state index contributed by atoms with van der Waals surface area (Å²) in [4.78, 5) is 0. The van der Waals surface area contributed by atoms with Gasteiger partial charge in [-0.3, -0.25) is 0 Å². The van der Waals surface area contributed by atoms with Crippen molar-refractivity contribution >= 4 is 0 Å². The van der Waals surface area contributed by atoms with E-state index in [-0.39, 0.29) is 12.1 Å². The van der Waals surface area contributed by atoms with Gasteiger partial charge >= 0.3 is 0 Å². The van der Waals surface area contributed by atoms with Crippen molar-refractivity contribution in [2.45, 2.75) is 45.4 Å². The van der Waals surface area contributed by atoms with Gasteiger partial charge in [0.15, 0.2) is 0 Å². The zero-order valence-electron chi connectivity index (χ0n) is 9.68. The Morgan fingerprint density at radius 2 is 2.27 bits per heavy atom. The average Bonchev–Trinajstić information content (AvgIpc) is 2.68. The number of aromatic nitrogens is 3. The van der Waals surface area contributed by atoms with E-state index in [0.29, 0.717) is 0 Å². The van der Waals surface area contributed by atoms with E-state index in [0.717, 1.165) is 25.1 Å². The summed E-state index contributed by atoms with van der Waals surface area (Å²) >= 11 is 0. The summed E-state index contributed by atoms with van der Waals surface area (Å²) < 4.78 is 7.18. The molecule has 0 aromatic carbocycles. The maximum atomic E-state index is 6.11. The van der Waals surface area contributed by atoms with Crippen LogP contribution >= 0.6 is 0 Å². The van der Waals surface area contributed by atoms with E-state index >= 15 is 0 Å². The summed E-state index contributed by atoms with van der Waals surface area (Å²) in [5.41, 5.74) is 7.06. The molecule has 1 heterocycles. The Kier molecular flexibility index (Phi) is 4.71. The van der Waals surface area contributed by atoms with Crippen molar-refractivity contribution in [3.63, 3.8) is 0 Å². The smallest absolute Gasteiger partial charge is 0.0780 e. The molecule has 2 N–H and O–H groups in total. The summed E-state index contributed by atoms with van der Waals surface area (Å²) in [5.74, 6) is 0. The van der Waals surface area contributed by atoms with Gasteiger partial charge in [-0.05, 0) is 12.8 Å². The molecule has 0 radical (unpaired) electrons. The molecule has 1 rings (SSSR count). The Morgan fingerprint density at radius 1 is 1.53 bits per heavy atom. The number of nitrogens with zero attached hydrogens (tertiary/aromatic N) is 3. The summed E-state index contributed by atoms with van der Waals surface area (Å²) in [6.07, 6.45) is 3.66. The average molecular weight is 212 g/mol. The highest BCUT2D eigenvalue weighted by molar-refractivity contribution is 5.03. The molecule has 2 unspecified atom stereocenters. The third kappa shape index (κ3) is 2.76. The van der Waals surface area contributed by atoms with Gasteiger partial charge in [-0.1, -0.05) is 19.1 Å². The molecule has 1 aromatic rings. The van der Waals surface area contributed by atoms with Gasteiger partial charge in [0.1, 0.15) is 0 Å². The number of methoxy groups -OCH3 is 1. The predicted octanol–water partition coefficient (Wildman–Crippen LogP) is 1.11. The molecule has 0 aliphatic carbocycles. The fourth-order valence-electron chi connectivity index (χ4n) is 1.67. The first-order valence-corrected chi connectivity index (χ1v) is 5.41. The normalized spacial score (nSPS) is 15.2. The van der Waals surface area contributed by atoms with Crippen LogP contribution in [0.5, 0.6) is 0 Å². The minimum Gasteiger partial charge on any atom is -0.379 e. The summed E-state index contributed by atoms with van der Waals surface area (Å²) in [6, 6.07) is -0.151. The van der Waals surface area contributed by atoms with E-state index in [1.165, 1.54) is 0 Å². The van der Waals surface area contributed by atoms with Crippen molar-refractivity contribution in [3.8, 4) is 0 Å². The zero-order valence-corrected chi connectivity index (χ0v) is 9.68. The molecule has 0 aliphatic rings. The molecule has 0 spiro atoms. The fourth-order valence-corrected chi connectivity index (χ4v) is 1.67. The molecule has 0 bridgehead atoms. The van der Waals surface area contributed by atoms with Crippen molar-refractivity contribution in [1.82, 2.24) is 15.0 Å². The van der Waals surface area contributed by atoms with Gasteiger partial charge < -0.3 is 10.5 Å². The van der Waals surface area contributed by atoms with Crippen molar-refractivity contribution in [2.24, 2.45) is 5.73 Å². The largest absolute Gasteiger partial charge is 0.379 e. The monoisotopic (exact) mass is 212 g/mol. The van der Waals surface area contributed by atoms with E-state index in [9.17, 15) is 0 Å². The lowest BCUT2D eigenvalue weighted by Crippen LogP contribution is -2.29. The van der Waals surface area contributed by atoms with Gasteiger partial charge in [0, 0.05) is 13.7 Å². The Bertz CT molecular complexity index is 283. The Balaban J connectivity index is 2.79. The van der Waals surface area contributed by atoms with Gasteiger partial charge in [0.2, 0.25) is 0 Å². The molecule has 5 heteroatoms. The van der Waals surface area contributed by atoms with Crippen LogP contribution in [0.15, 0.2) is 6.20 Å². The van der Waals surface area contributed by atoms with E-state index in [4.69, 9.17) is 10.5 Å². The second-order valence-corrected chi connectivity index (χ2v) is 3.59. The van der Waals surface area contributed by atoms with E-state index < -0.39 is 0 Å². The molecule has 0 amide bonds. The van der Waals surface area contributed by atoms with Crippen molar-refractivity contribution in [2.75, 3.05) is 7.11 Å². The highest BCUT2D eigenvalue weighted by Gasteiger charge is 2.21. The fraction of sp³-hybridized carbons (Fsp3) is 0.800. The van der Waals surface area contributed by atoms with Crippen LogP contribution in [0.1, 0.15) is 38.4 Å². The lowest BCUT2D eigenvalue weighted by atomic mass is 10.1. The topological polar surface area (TPSA) is 66.0 Å². The number of nitrogens with two attached hydrogens (primary N) is 1. The third-order valence-electron chi connectivity index (χ3n) is 2.53. The van der Waals surface area contributed by atoms with E-state index in [1.807, 2.05) is 4.68 Å². The van der Waals surface area contributed by atoms with Crippen LogP contribution in [-0.2, 0) is 11.3 Å². The van der Waals surface area contributed by atoms with Crippen LogP contribution in [0.3, 0.4) is 0 Å². The van der Waals surface area contributed by atoms with E-state index in [2.05, 4.69) is 24.2 Å². The first-order chi connectivity index (χ1) is 7.24. The summed E-state index contributed by atoms with van der Waals surface area (Å²) in [5, 5.41) is 7.90. The van der Waals surface area contributed by atoms with Gasteiger partial charge in [0.05, 0.1) is 24.0 Å². The predicted molar refractivity (Wildman–Crippen MR) is 58.3 cm³/mol. The van der Waals surface area contributed by atoms with Crippen molar-refractivity contribution in [1.29, 1.82) is 0 Å². The van der Waals surface area contributed by atoms with Gasteiger partial charge in [-0.25, -0.2) is 4.68 Å². The molecular weight excluding hydrogens is 192 g/mol.